The van der Waals surface area contributed by atoms with Crippen molar-refractivity contribution in [3.05, 3.63) is 24.4 Å². The van der Waals surface area contributed by atoms with Gasteiger partial charge < -0.3 is 5.32 Å². The zero-order valence-electron chi connectivity index (χ0n) is 9.41. The molecule has 2 nitrogen and oxygen atoms in total. The molecule has 0 saturated carbocycles. The minimum atomic E-state index is 1.07. The van der Waals surface area contributed by atoms with Gasteiger partial charge in [0.1, 0.15) is 0 Å². The summed E-state index contributed by atoms with van der Waals surface area (Å²) in [7, 11) is 0. The SMILES string of the molecule is CCCCCNCCSc1ccccn1. The third kappa shape index (κ3) is 6.52. The number of rotatable bonds is 8. The average Bonchev–Trinajstić information content (AvgIpc) is 2.29. The van der Waals surface area contributed by atoms with E-state index in [1.165, 1.54) is 19.3 Å². The van der Waals surface area contributed by atoms with Gasteiger partial charge in [-0.3, -0.25) is 0 Å². The zero-order valence-corrected chi connectivity index (χ0v) is 10.2. The first-order valence-electron chi connectivity index (χ1n) is 5.68. The Morgan fingerprint density at radius 1 is 1.27 bits per heavy atom. The van der Waals surface area contributed by atoms with Crippen LogP contribution in [0.15, 0.2) is 29.4 Å². The molecule has 0 atom stereocenters. The molecule has 0 aromatic carbocycles. The standard InChI is InChI=1S/C12H20N2S/c1-2-3-5-8-13-10-11-15-12-7-4-6-9-14-12/h4,6-7,9,13H,2-3,5,8,10-11H2,1H3. The lowest BCUT2D eigenvalue weighted by atomic mass is 10.2. The summed E-state index contributed by atoms with van der Waals surface area (Å²) in [5.74, 6) is 1.10. The van der Waals surface area contributed by atoms with E-state index in [1.807, 2.05) is 30.1 Å². The Kier molecular flexibility index (Phi) is 7.30. The fraction of sp³-hybridized carbons (Fsp3) is 0.583. The molecule has 1 heterocycles. The van der Waals surface area contributed by atoms with Crippen molar-refractivity contribution >= 4 is 11.8 Å². The predicted octanol–water partition coefficient (Wildman–Crippen LogP) is 2.95. The molecule has 1 aromatic heterocycles. The van der Waals surface area contributed by atoms with Gasteiger partial charge in [0.15, 0.2) is 0 Å². The van der Waals surface area contributed by atoms with E-state index < -0.39 is 0 Å². The van der Waals surface area contributed by atoms with Crippen molar-refractivity contribution in [3.63, 3.8) is 0 Å². The van der Waals surface area contributed by atoms with Crippen LogP contribution in [0.5, 0.6) is 0 Å². The number of aromatic nitrogens is 1. The molecular weight excluding hydrogens is 204 g/mol. The van der Waals surface area contributed by atoms with Crippen molar-refractivity contribution in [2.45, 2.75) is 31.2 Å². The maximum Gasteiger partial charge on any atom is 0.0960 e. The number of hydrogen-bond donors (Lipinski definition) is 1. The number of unbranched alkanes of at least 4 members (excludes halogenated alkanes) is 2. The van der Waals surface area contributed by atoms with Gasteiger partial charge in [-0.1, -0.05) is 25.8 Å². The van der Waals surface area contributed by atoms with Gasteiger partial charge in [-0.25, -0.2) is 4.98 Å². The quantitative estimate of drug-likeness (QED) is 0.543. The highest BCUT2D eigenvalue weighted by Gasteiger charge is 1.93. The molecule has 3 heteroatoms. The molecule has 1 rings (SSSR count). The Morgan fingerprint density at radius 3 is 2.93 bits per heavy atom. The summed E-state index contributed by atoms with van der Waals surface area (Å²) in [5.41, 5.74) is 0. The average molecular weight is 224 g/mol. The van der Waals surface area contributed by atoms with Crippen LogP contribution < -0.4 is 5.32 Å². The van der Waals surface area contributed by atoms with Crippen molar-refractivity contribution in [3.8, 4) is 0 Å². The first-order valence-corrected chi connectivity index (χ1v) is 6.66. The summed E-state index contributed by atoms with van der Waals surface area (Å²) in [6.07, 6.45) is 5.77. The zero-order chi connectivity index (χ0) is 10.8. The van der Waals surface area contributed by atoms with E-state index in [-0.39, 0.29) is 0 Å². The Bertz CT molecular complexity index is 239. The summed E-state index contributed by atoms with van der Waals surface area (Å²) in [5, 5.41) is 4.56. The second-order valence-electron chi connectivity index (χ2n) is 3.47. The van der Waals surface area contributed by atoms with Gasteiger partial charge in [-0.05, 0) is 25.1 Å². The normalized spacial score (nSPS) is 10.5. The third-order valence-corrected chi connectivity index (χ3v) is 3.07. The van der Waals surface area contributed by atoms with Crippen LogP contribution in [0.25, 0.3) is 0 Å². The van der Waals surface area contributed by atoms with Crippen molar-refractivity contribution < 1.29 is 0 Å². The van der Waals surface area contributed by atoms with Gasteiger partial charge in [-0.2, -0.15) is 0 Å². The van der Waals surface area contributed by atoms with Crippen molar-refractivity contribution in [1.29, 1.82) is 0 Å². The molecule has 0 spiro atoms. The van der Waals surface area contributed by atoms with Crippen molar-refractivity contribution in [1.82, 2.24) is 10.3 Å². The van der Waals surface area contributed by atoms with Gasteiger partial charge in [0, 0.05) is 18.5 Å². The molecule has 1 N–H and O–H groups in total. The number of nitrogens with one attached hydrogen (secondary N) is 1. The number of nitrogens with zero attached hydrogens (tertiary/aromatic N) is 1. The molecule has 0 unspecified atom stereocenters. The molecule has 0 saturated heterocycles. The van der Waals surface area contributed by atoms with E-state index in [0.29, 0.717) is 0 Å². The summed E-state index contributed by atoms with van der Waals surface area (Å²) in [4.78, 5) is 4.26. The van der Waals surface area contributed by atoms with Gasteiger partial charge in [0.05, 0.1) is 5.03 Å². The number of hydrogen-bond acceptors (Lipinski definition) is 3. The van der Waals surface area contributed by atoms with Crippen molar-refractivity contribution in [2.24, 2.45) is 0 Å². The Labute approximate surface area is 96.9 Å². The maximum absolute atomic E-state index is 4.26. The van der Waals surface area contributed by atoms with Crippen LogP contribution in [0.4, 0.5) is 0 Å². The molecule has 0 aliphatic heterocycles. The van der Waals surface area contributed by atoms with Crippen LogP contribution in [0.2, 0.25) is 0 Å². The highest BCUT2D eigenvalue weighted by Crippen LogP contribution is 2.12. The monoisotopic (exact) mass is 224 g/mol. The predicted molar refractivity (Wildman–Crippen MR) is 67.4 cm³/mol. The fourth-order valence-electron chi connectivity index (χ4n) is 1.29. The van der Waals surface area contributed by atoms with E-state index in [4.69, 9.17) is 0 Å². The molecule has 1 aromatic rings. The van der Waals surface area contributed by atoms with Crippen LogP contribution in [-0.2, 0) is 0 Å². The lowest BCUT2D eigenvalue weighted by Gasteiger charge is -2.03. The van der Waals surface area contributed by atoms with Gasteiger partial charge in [0.2, 0.25) is 0 Å². The first-order chi connectivity index (χ1) is 7.43. The first kappa shape index (κ1) is 12.5. The third-order valence-electron chi connectivity index (χ3n) is 2.12. The summed E-state index contributed by atoms with van der Waals surface area (Å²) in [6.45, 7) is 4.46. The molecule has 0 aliphatic rings. The molecular formula is C12H20N2S. The van der Waals surface area contributed by atoms with Gasteiger partial charge in [0.25, 0.3) is 0 Å². The number of thioether (sulfide) groups is 1. The molecule has 0 bridgehead atoms. The maximum atomic E-state index is 4.26. The second-order valence-corrected chi connectivity index (χ2v) is 4.59. The Balaban J connectivity index is 1.93. The molecule has 0 amide bonds. The summed E-state index contributed by atoms with van der Waals surface area (Å²) >= 11 is 1.81. The van der Waals surface area contributed by atoms with Crippen LogP contribution in [0, 0.1) is 0 Å². The van der Waals surface area contributed by atoms with Gasteiger partial charge in [-0.15, -0.1) is 11.8 Å². The highest BCUT2D eigenvalue weighted by atomic mass is 32.2. The minimum absolute atomic E-state index is 1.07. The molecule has 0 radical (unpaired) electrons. The van der Waals surface area contributed by atoms with Crippen LogP contribution >= 0.6 is 11.8 Å². The van der Waals surface area contributed by atoms with E-state index in [0.717, 1.165) is 23.9 Å². The summed E-state index contributed by atoms with van der Waals surface area (Å²) in [6, 6.07) is 6.04. The topological polar surface area (TPSA) is 24.9 Å². The van der Waals surface area contributed by atoms with Gasteiger partial charge >= 0.3 is 0 Å². The smallest absolute Gasteiger partial charge is 0.0960 e. The lowest BCUT2D eigenvalue weighted by Crippen LogP contribution is -2.18. The van der Waals surface area contributed by atoms with E-state index in [1.54, 1.807) is 0 Å². The van der Waals surface area contributed by atoms with E-state index in [2.05, 4.69) is 23.3 Å². The van der Waals surface area contributed by atoms with Crippen LogP contribution in [0.1, 0.15) is 26.2 Å². The largest absolute Gasteiger partial charge is 0.316 e. The lowest BCUT2D eigenvalue weighted by molar-refractivity contribution is 0.636. The van der Waals surface area contributed by atoms with E-state index in [9.17, 15) is 0 Å². The number of pyridine rings is 1. The molecule has 0 fully saturated rings. The van der Waals surface area contributed by atoms with Crippen LogP contribution in [0.3, 0.4) is 0 Å². The Hall–Kier alpha value is -0.540. The molecule has 0 aliphatic carbocycles. The van der Waals surface area contributed by atoms with Crippen LogP contribution in [-0.4, -0.2) is 23.8 Å². The Morgan fingerprint density at radius 2 is 2.20 bits per heavy atom. The fourth-order valence-corrected chi connectivity index (χ4v) is 2.05. The highest BCUT2D eigenvalue weighted by molar-refractivity contribution is 7.99. The second kappa shape index (κ2) is 8.74. The molecule has 15 heavy (non-hydrogen) atoms. The molecule has 84 valence electrons. The summed E-state index contributed by atoms with van der Waals surface area (Å²) < 4.78 is 0. The van der Waals surface area contributed by atoms with E-state index >= 15 is 0 Å². The minimum Gasteiger partial charge on any atom is -0.316 e. The van der Waals surface area contributed by atoms with Crippen molar-refractivity contribution in [2.75, 3.05) is 18.8 Å².